The van der Waals surface area contributed by atoms with Crippen LogP contribution in [0.2, 0.25) is 0 Å². The predicted octanol–water partition coefficient (Wildman–Crippen LogP) is -0.302. The van der Waals surface area contributed by atoms with Crippen molar-refractivity contribution < 1.29 is 4.79 Å². The maximum atomic E-state index is 12.2. The van der Waals surface area contributed by atoms with Crippen LogP contribution in [0.4, 0.5) is 0 Å². The van der Waals surface area contributed by atoms with Gasteiger partial charge >= 0.3 is 0 Å². The number of aromatic nitrogens is 5. The molecule has 3 rings (SSSR count). The first-order valence-electron chi connectivity index (χ1n) is 6.90. The number of carbonyl (C=O) groups excluding carboxylic acids is 1. The van der Waals surface area contributed by atoms with E-state index in [2.05, 4.69) is 15.3 Å². The molecule has 0 saturated carbocycles. The molecule has 0 spiro atoms. The maximum absolute atomic E-state index is 12.2. The largest absolute Gasteiger partial charge is 0.341 e. The summed E-state index contributed by atoms with van der Waals surface area (Å²) < 4.78 is 1.18. The molecule has 21 heavy (non-hydrogen) atoms. The molecule has 1 saturated heterocycles. The lowest BCUT2D eigenvalue weighted by Gasteiger charge is -2.31. The second kappa shape index (κ2) is 5.86. The van der Waals surface area contributed by atoms with Crippen LogP contribution in [0.25, 0.3) is 0 Å². The van der Waals surface area contributed by atoms with Gasteiger partial charge in [0.05, 0.1) is 18.4 Å². The molecule has 8 nitrogen and oxygen atoms in total. The summed E-state index contributed by atoms with van der Waals surface area (Å²) in [5.41, 5.74) is -0.263. The molecule has 0 aromatic carbocycles. The first-order valence-corrected chi connectivity index (χ1v) is 6.90. The summed E-state index contributed by atoms with van der Waals surface area (Å²) in [6.45, 7) is 1.28. The highest BCUT2D eigenvalue weighted by molar-refractivity contribution is 5.75. The van der Waals surface area contributed by atoms with Gasteiger partial charge in [0.15, 0.2) is 0 Å². The topological polar surface area (TPSA) is 85.9 Å². The number of amides is 1. The first-order chi connectivity index (χ1) is 10.2. The van der Waals surface area contributed by atoms with E-state index >= 15 is 0 Å². The van der Waals surface area contributed by atoms with Crippen molar-refractivity contribution in [2.75, 3.05) is 13.1 Å². The Labute approximate surface area is 121 Å². The number of rotatable bonds is 3. The zero-order valence-electron chi connectivity index (χ0n) is 11.5. The lowest BCUT2D eigenvalue weighted by molar-refractivity contribution is -0.133. The first kappa shape index (κ1) is 13.5. The molecule has 0 atom stereocenters. The van der Waals surface area contributed by atoms with E-state index in [1.165, 1.54) is 16.9 Å². The van der Waals surface area contributed by atoms with Crippen molar-refractivity contribution in [3.8, 4) is 0 Å². The smallest absolute Gasteiger partial charge is 0.267 e. The third kappa shape index (κ3) is 2.99. The highest BCUT2D eigenvalue weighted by atomic mass is 16.2. The Bertz CT molecular complexity index is 657. The Morgan fingerprint density at radius 3 is 2.52 bits per heavy atom. The minimum absolute atomic E-state index is 0.00956. The van der Waals surface area contributed by atoms with Gasteiger partial charge in [0.25, 0.3) is 5.56 Å². The van der Waals surface area contributed by atoms with Crippen LogP contribution in [0.15, 0.2) is 35.5 Å². The summed E-state index contributed by atoms with van der Waals surface area (Å²) in [5.74, 6) is -0.0809. The zero-order chi connectivity index (χ0) is 14.7. The lowest BCUT2D eigenvalue weighted by Crippen LogP contribution is -2.42. The van der Waals surface area contributed by atoms with E-state index in [0.717, 1.165) is 12.8 Å². The Morgan fingerprint density at radius 1 is 1.14 bits per heavy atom. The molecule has 1 aliphatic heterocycles. The number of hydrogen-bond acceptors (Lipinski definition) is 5. The molecular formula is C13H16N6O2. The fourth-order valence-electron chi connectivity index (χ4n) is 2.49. The monoisotopic (exact) mass is 288 g/mol. The van der Waals surface area contributed by atoms with Crippen LogP contribution in [0.5, 0.6) is 0 Å². The lowest BCUT2D eigenvalue weighted by atomic mass is 10.1. The number of carbonyl (C=O) groups is 1. The molecule has 0 aliphatic carbocycles. The van der Waals surface area contributed by atoms with E-state index < -0.39 is 0 Å². The van der Waals surface area contributed by atoms with Crippen molar-refractivity contribution in [2.24, 2.45) is 0 Å². The standard InChI is InChI=1S/C13H16N6O2/c20-12-2-1-5-14-18(12)10-13(21)17-8-3-11(4-9-17)19-15-6-7-16-19/h1-2,5-7,11H,3-4,8-10H2. The van der Waals surface area contributed by atoms with Crippen LogP contribution in [-0.4, -0.2) is 48.7 Å². The average molecular weight is 288 g/mol. The molecule has 3 heterocycles. The molecule has 2 aromatic heterocycles. The quantitative estimate of drug-likeness (QED) is 0.774. The van der Waals surface area contributed by atoms with Crippen LogP contribution in [0.1, 0.15) is 18.9 Å². The van der Waals surface area contributed by atoms with Gasteiger partial charge in [-0.25, -0.2) is 4.68 Å². The number of hydrogen-bond donors (Lipinski definition) is 0. The number of nitrogens with zero attached hydrogens (tertiary/aromatic N) is 6. The Kier molecular flexibility index (Phi) is 3.76. The molecular weight excluding hydrogens is 272 g/mol. The van der Waals surface area contributed by atoms with Crippen LogP contribution in [-0.2, 0) is 11.3 Å². The maximum Gasteiger partial charge on any atom is 0.267 e. The summed E-state index contributed by atoms with van der Waals surface area (Å²) in [7, 11) is 0. The molecule has 1 fully saturated rings. The van der Waals surface area contributed by atoms with Gasteiger partial charge in [-0.2, -0.15) is 20.1 Å². The molecule has 2 aromatic rings. The van der Waals surface area contributed by atoms with E-state index in [9.17, 15) is 9.59 Å². The van der Waals surface area contributed by atoms with Crippen LogP contribution >= 0.6 is 0 Å². The van der Waals surface area contributed by atoms with Gasteiger partial charge in [-0.15, -0.1) is 0 Å². The van der Waals surface area contributed by atoms with E-state index in [1.807, 2.05) is 0 Å². The molecule has 8 heteroatoms. The van der Waals surface area contributed by atoms with Gasteiger partial charge in [-0.3, -0.25) is 9.59 Å². The summed E-state index contributed by atoms with van der Waals surface area (Å²) >= 11 is 0. The van der Waals surface area contributed by atoms with Crippen molar-refractivity contribution in [1.82, 2.24) is 29.7 Å². The van der Waals surface area contributed by atoms with Gasteiger partial charge in [0.1, 0.15) is 6.54 Å². The van der Waals surface area contributed by atoms with Crippen LogP contribution in [0, 0.1) is 0 Å². The summed E-state index contributed by atoms with van der Waals surface area (Å²) in [6.07, 6.45) is 6.45. The van der Waals surface area contributed by atoms with Crippen LogP contribution in [0.3, 0.4) is 0 Å². The van der Waals surface area contributed by atoms with Gasteiger partial charge in [0, 0.05) is 25.4 Å². The Morgan fingerprint density at radius 2 is 1.86 bits per heavy atom. The second-order valence-electron chi connectivity index (χ2n) is 4.98. The van der Waals surface area contributed by atoms with Crippen molar-refractivity contribution in [2.45, 2.75) is 25.4 Å². The number of likely N-dealkylation sites (tertiary alicyclic amines) is 1. The second-order valence-corrected chi connectivity index (χ2v) is 4.98. The van der Waals surface area contributed by atoms with E-state index in [-0.39, 0.29) is 24.1 Å². The van der Waals surface area contributed by atoms with Gasteiger partial charge in [-0.05, 0) is 18.9 Å². The van der Waals surface area contributed by atoms with E-state index in [1.54, 1.807) is 28.2 Å². The minimum Gasteiger partial charge on any atom is -0.341 e. The molecule has 110 valence electrons. The van der Waals surface area contributed by atoms with Gasteiger partial charge < -0.3 is 4.90 Å². The highest BCUT2D eigenvalue weighted by Gasteiger charge is 2.24. The Hall–Kier alpha value is -2.51. The summed E-state index contributed by atoms with van der Waals surface area (Å²) in [4.78, 5) is 27.2. The van der Waals surface area contributed by atoms with Crippen molar-refractivity contribution in [3.63, 3.8) is 0 Å². The normalized spacial score (nSPS) is 16.1. The summed E-state index contributed by atoms with van der Waals surface area (Å²) in [5, 5.41) is 12.2. The van der Waals surface area contributed by atoms with Crippen molar-refractivity contribution in [3.05, 3.63) is 41.1 Å². The van der Waals surface area contributed by atoms with Crippen LogP contribution < -0.4 is 5.56 Å². The molecule has 0 N–H and O–H groups in total. The fourth-order valence-corrected chi connectivity index (χ4v) is 2.49. The number of piperidine rings is 1. The zero-order valence-corrected chi connectivity index (χ0v) is 11.5. The van der Waals surface area contributed by atoms with E-state index in [0.29, 0.717) is 13.1 Å². The fraction of sp³-hybridized carbons (Fsp3) is 0.462. The minimum atomic E-state index is -0.263. The summed E-state index contributed by atoms with van der Waals surface area (Å²) in [6, 6.07) is 3.20. The molecule has 0 radical (unpaired) electrons. The van der Waals surface area contributed by atoms with Gasteiger partial charge in [0.2, 0.25) is 5.91 Å². The Balaban J connectivity index is 1.58. The van der Waals surface area contributed by atoms with Crippen molar-refractivity contribution >= 4 is 5.91 Å². The average Bonchev–Trinajstić information content (AvgIpc) is 3.04. The SMILES string of the molecule is O=C(Cn1ncccc1=O)N1CCC(n2nccn2)CC1. The van der Waals surface area contributed by atoms with Gasteiger partial charge in [-0.1, -0.05) is 0 Å². The molecule has 1 amide bonds. The van der Waals surface area contributed by atoms with E-state index in [4.69, 9.17) is 0 Å². The molecule has 1 aliphatic rings. The predicted molar refractivity (Wildman–Crippen MR) is 73.4 cm³/mol. The third-order valence-electron chi connectivity index (χ3n) is 3.65. The third-order valence-corrected chi connectivity index (χ3v) is 3.65. The van der Waals surface area contributed by atoms with Crippen molar-refractivity contribution in [1.29, 1.82) is 0 Å². The molecule has 0 bridgehead atoms. The molecule has 0 unspecified atom stereocenters. The highest BCUT2D eigenvalue weighted by Crippen LogP contribution is 2.20.